The highest BCUT2D eigenvalue weighted by atomic mass is 32.1. The number of ether oxygens (including phenoxy) is 1. The maximum atomic E-state index is 12.7. The lowest BCUT2D eigenvalue weighted by Gasteiger charge is -2.09. The third kappa shape index (κ3) is 5.48. The van der Waals surface area contributed by atoms with Crippen molar-refractivity contribution < 1.29 is 9.53 Å². The van der Waals surface area contributed by atoms with E-state index in [2.05, 4.69) is 22.2 Å². The van der Waals surface area contributed by atoms with Crippen molar-refractivity contribution in [3.8, 4) is 17.1 Å². The van der Waals surface area contributed by atoms with Crippen LogP contribution in [0.3, 0.4) is 0 Å². The van der Waals surface area contributed by atoms with Gasteiger partial charge in [0.2, 0.25) is 10.6 Å². The standard InChI is InChI=1S/C22H24N4O2S/c1-2-3-4-10-15-28-20-14-9-8-13-18(20)19(27)16-23-26-21(24-25-22(26)29)17-11-6-5-7-12-17/h5-9,11-14,16H,2-4,10,15H2,1H3,(H,25,29)/b23-16-. The van der Waals surface area contributed by atoms with Crippen molar-refractivity contribution in [3.63, 3.8) is 0 Å². The van der Waals surface area contributed by atoms with E-state index < -0.39 is 0 Å². The molecule has 0 aliphatic heterocycles. The number of nitrogens with one attached hydrogen (secondary N) is 1. The van der Waals surface area contributed by atoms with Gasteiger partial charge in [0.05, 0.1) is 18.4 Å². The van der Waals surface area contributed by atoms with E-state index in [9.17, 15) is 4.79 Å². The Hall–Kier alpha value is -3.06. The van der Waals surface area contributed by atoms with E-state index in [1.807, 2.05) is 42.5 Å². The van der Waals surface area contributed by atoms with E-state index in [0.29, 0.717) is 28.5 Å². The Morgan fingerprint density at radius 1 is 1.14 bits per heavy atom. The largest absolute Gasteiger partial charge is 0.493 e. The number of aromatic nitrogens is 3. The van der Waals surface area contributed by atoms with Gasteiger partial charge < -0.3 is 4.74 Å². The maximum Gasteiger partial charge on any atom is 0.216 e. The van der Waals surface area contributed by atoms with Crippen LogP contribution in [0.2, 0.25) is 0 Å². The number of carbonyl (C=O) groups is 1. The summed E-state index contributed by atoms with van der Waals surface area (Å²) in [4.78, 5) is 12.7. The number of para-hydroxylation sites is 1. The van der Waals surface area contributed by atoms with Gasteiger partial charge in [-0.15, -0.1) is 0 Å². The van der Waals surface area contributed by atoms with Crippen molar-refractivity contribution in [2.24, 2.45) is 5.10 Å². The van der Waals surface area contributed by atoms with Gasteiger partial charge in [-0.3, -0.25) is 4.79 Å². The fraction of sp³-hybridized carbons (Fsp3) is 0.273. The molecule has 0 saturated carbocycles. The van der Waals surface area contributed by atoms with Crippen LogP contribution >= 0.6 is 12.2 Å². The van der Waals surface area contributed by atoms with Crippen molar-refractivity contribution in [2.45, 2.75) is 32.6 Å². The highest BCUT2D eigenvalue weighted by molar-refractivity contribution is 7.71. The smallest absolute Gasteiger partial charge is 0.216 e. The number of aromatic amines is 1. The second kappa shape index (κ2) is 10.5. The molecule has 2 aromatic carbocycles. The molecule has 3 rings (SSSR count). The summed E-state index contributed by atoms with van der Waals surface area (Å²) >= 11 is 5.25. The Morgan fingerprint density at radius 3 is 2.69 bits per heavy atom. The SMILES string of the molecule is CCCCCCOc1ccccc1C(=O)/C=N\n1c(-c2ccccc2)n[nH]c1=S. The molecular formula is C22H24N4O2S. The van der Waals surface area contributed by atoms with E-state index in [1.54, 1.807) is 12.1 Å². The van der Waals surface area contributed by atoms with Gasteiger partial charge in [0.15, 0.2) is 5.82 Å². The van der Waals surface area contributed by atoms with Crippen LogP contribution in [0.15, 0.2) is 59.7 Å². The molecule has 29 heavy (non-hydrogen) atoms. The number of unbranched alkanes of at least 4 members (excludes halogenated alkanes) is 3. The summed E-state index contributed by atoms with van der Waals surface area (Å²) in [7, 11) is 0. The van der Waals surface area contributed by atoms with Crippen LogP contribution in [0.5, 0.6) is 5.75 Å². The van der Waals surface area contributed by atoms with E-state index in [0.717, 1.165) is 18.4 Å². The molecular weight excluding hydrogens is 384 g/mol. The van der Waals surface area contributed by atoms with Crippen molar-refractivity contribution in [1.29, 1.82) is 0 Å². The average molecular weight is 409 g/mol. The Balaban J connectivity index is 1.76. The molecule has 0 fully saturated rings. The lowest BCUT2D eigenvalue weighted by atomic mass is 10.1. The number of rotatable bonds is 10. The van der Waals surface area contributed by atoms with Crippen LogP contribution in [0.25, 0.3) is 11.4 Å². The summed E-state index contributed by atoms with van der Waals surface area (Å²) in [5.74, 6) is 0.857. The fourth-order valence-electron chi connectivity index (χ4n) is 2.86. The van der Waals surface area contributed by atoms with Gasteiger partial charge in [-0.2, -0.15) is 14.9 Å². The number of hydrogen-bond acceptors (Lipinski definition) is 5. The summed E-state index contributed by atoms with van der Waals surface area (Å²) in [5, 5.41) is 11.2. The van der Waals surface area contributed by atoms with Gasteiger partial charge in [0.25, 0.3) is 0 Å². The zero-order valence-corrected chi connectivity index (χ0v) is 17.2. The summed E-state index contributed by atoms with van der Waals surface area (Å²) < 4.78 is 7.58. The van der Waals surface area contributed by atoms with Crippen LogP contribution in [0.1, 0.15) is 43.0 Å². The summed E-state index contributed by atoms with van der Waals surface area (Å²) in [6, 6.07) is 16.7. The number of Topliss-reactive ketones (excluding diaryl/α,β-unsaturated/α-hetero) is 1. The fourth-order valence-corrected chi connectivity index (χ4v) is 3.04. The van der Waals surface area contributed by atoms with Crippen LogP contribution < -0.4 is 4.74 Å². The first-order valence-corrected chi connectivity index (χ1v) is 10.1. The predicted molar refractivity (Wildman–Crippen MR) is 117 cm³/mol. The minimum atomic E-state index is -0.253. The molecule has 0 unspecified atom stereocenters. The van der Waals surface area contributed by atoms with Gasteiger partial charge in [0, 0.05) is 5.56 Å². The molecule has 1 heterocycles. The summed E-state index contributed by atoms with van der Waals surface area (Å²) in [6.07, 6.45) is 5.69. The van der Waals surface area contributed by atoms with Crippen LogP contribution in [-0.4, -0.2) is 33.5 Å². The predicted octanol–water partition coefficient (Wildman–Crippen LogP) is 5.28. The van der Waals surface area contributed by atoms with Gasteiger partial charge >= 0.3 is 0 Å². The van der Waals surface area contributed by atoms with Gasteiger partial charge in [-0.25, -0.2) is 5.10 Å². The number of ketones is 1. The van der Waals surface area contributed by atoms with Crippen LogP contribution in [0.4, 0.5) is 0 Å². The summed E-state index contributed by atoms with van der Waals surface area (Å²) in [5.41, 5.74) is 1.32. The number of hydrogen-bond donors (Lipinski definition) is 1. The molecule has 0 bridgehead atoms. The molecule has 0 radical (unpaired) electrons. The first-order valence-electron chi connectivity index (χ1n) is 9.74. The van der Waals surface area contributed by atoms with E-state index in [-0.39, 0.29) is 5.78 Å². The monoisotopic (exact) mass is 408 g/mol. The molecule has 0 spiro atoms. The minimum Gasteiger partial charge on any atom is -0.493 e. The van der Waals surface area contributed by atoms with Crippen LogP contribution in [0, 0.1) is 4.77 Å². The Kier molecular flexibility index (Phi) is 7.47. The molecule has 1 N–H and O–H groups in total. The number of carbonyl (C=O) groups excluding carboxylic acids is 1. The van der Waals surface area contributed by atoms with E-state index >= 15 is 0 Å². The zero-order chi connectivity index (χ0) is 20.5. The molecule has 0 amide bonds. The minimum absolute atomic E-state index is 0.253. The second-order valence-corrected chi connectivity index (χ2v) is 6.93. The molecule has 150 valence electrons. The normalized spacial score (nSPS) is 11.1. The van der Waals surface area contributed by atoms with E-state index in [4.69, 9.17) is 17.0 Å². The van der Waals surface area contributed by atoms with Crippen LogP contribution in [-0.2, 0) is 0 Å². The number of benzene rings is 2. The number of H-pyrrole nitrogens is 1. The topological polar surface area (TPSA) is 72.3 Å². The molecule has 0 saturated heterocycles. The molecule has 7 heteroatoms. The molecule has 0 atom stereocenters. The maximum absolute atomic E-state index is 12.7. The Labute approximate surface area is 175 Å². The average Bonchev–Trinajstić information content (AvgIpc) is 3.13. The molecule has 0 aliphatic carbocycles. The molecule has 3 aromatic rings. The van der Waals surface area contributed by atoms with E-state index in [1.165, 1.54) is 23.7 Å². The Morgan fingerprint density at radius 2 is 1.90 bits per heavy atom. The van der Waals surface area contributed by atoms with Gasteiger partial charge in [-0.1, -0.05) is 68.7 Å². The lowest BCUT2D eigenvalue weighted by molar-refractivity contribution is 0.106. The highest BCUT2D eigenvalue weighted by Gasteiger charge is 2.12. The Bertz CT molecular complexity index is 1020. The third-order valence-corrected chi connectivity index (χ3v) is 4.65. The van der Waals surface area contributed by atoms with Gasteiger partial charge in [0.1, 0.15) is 5.75 Å². The van der Waals surface area contributed by atoms with Crippen molar-refractivity contribution in [1.82, 2.24) is 14.9 Å². The van der Waals surface area contributed by atoms with Crippen molar-refractivity contribution in [3.05, 3.63) is 64.9 Å². The first kappa shape index (κ1) is 20.7. The third-order valence-electron chi connectivity index (χ3n) is 4.38. The first-order chi connectivity index (χ1) is 14.2. The highest BCUT2D eigenvalue weighted by Crippen LogP contribution is 2.19. The zero-order valence-electron chi connectivity index (χ0n) is 16.4. The lowest BCUT2D eigenvalue weighted by Crippen LogP contribution is -2.07. The summed E-state index contributed by atoms with van der Waals surface area (Å²) in [6.45, 7) is 2.76. The van der Waals surface area contributed by atoms with Crippen molar-refractivity contribution >= 4 is 24.2 Å². The molecule has 1 aromatic heterocycles. The molecule has 6 nitrogen and oxygen atoms in total. The quantitative estimate of drug-likeness (QED) is 0.214. The molecule has 0 aliphatic rings. The van der Waals surface area contributed by atoms with Crippen molar-refractivity contribution in [2.75, 3.05) is 6.61 Å². The number of nitrogens with zero attached hydrogens (tertiary/aromatic N) is 3. The van der Waals surface area contributed by atoms with Gasteiger partial charge in [-0.05, 0) is 30.8 Å². The second-order valence-electron chi connectivity index (χ2n) is 6.54.